The van der Waals surface area contributed by atoms with Crippen molar-refractivity contribution in [2.24, 2.45) is 7.05 Å². The number of hydrogen-bond donors (Lipinski definition) is 1. The Bertz CT molecular complexity index is 457. The third-order valence-electron chi connectivity index (χ3n) is 2.17. The van der Waals surface area contributed by atoms with E-state index in [0.717, 1.165) is 4.57 Å². The lowest BCUT2D eigenvalue weighted by Crippen LogP contribution is -2.33. The minimum Gasteiger partial charge on any atom is -0.475 e. The van der Waals surface area contributed by atoms with Crippen molar-refractivity contribution in [1.82, 2.24) is 9.55 Å². The maximum Gasteiger partial charge on any atom is 0.330 e. The molecule has 1 aliphatic heterocycles. The van der Waals surface area contributed by atoms with Gasteiger partial charge in [0.25, 0.3) is 5.56 Å². The molecule has 1 aromatic rings. The number of rotatable bonds is 0. The molecule has 1 N–H and O–H groups in total. The molecular weight excluding hydrogens is 172 g/mol. The van der Waals surface area contributed by atoms with E-state index < -0.39 is 5.69 Å². The highest BCUT2D eigenvalue weighted by molar-refractivity contribution is 5.27. The number of nitrogens with one attached hydrogen (secondary N) is 1. The van der Waals surface area contributed by atoms with Crippen LogP contribution in [0.1, 0.15) is 12.5 Å². The van der Waals surface area contributed by atoms with Crippen molar-refractivity contribution < 1.29 is 4.74 Å². The van der Waals surface area contributed by atoms with Crippen molar-refractivity contribution in [3.05, 3.63) is 26.4 Å². The highest BCUT2D eigenvalue weighted by atomic mass is 16.5. The molecule has 0 bridgehead atoms. The fourth-order valence-electron chi connectivity index (χ4n) is 1.46. The second kappa shape index (κ2) is 2.48. The van der Waals surface area contributed by atoms with Crippen LogP contribution in [0, 0.1) is 0 Å². The molecule has 2 rings (SSSR count). The molecule has 0 spiro atoms. The highest BCUT2D eigenvalue weighted by Gasteiger charge is 2.24. The van der Waals surface area contributed by atoms with Gasteiger partial charge in [0.1, 0.15) is 6.10 Å². The van der Waals surface area contributed by atoms with Gasteiger partial charge in [0.05, 0.1) is 5.56 Å². The van der Waals surface area contributed by atoms with E-state index in [4.69, 9.17) is 4.74 Å². The number of aromatic nitrogens is 2. The summed E-state index contributed by atoms with van der Waals surface area (Å²) in [5, 5.41) is 0. The van der Waals surface area contributed by atoms with Gasteiger partial charge < -0.3 is 4.74 Å². The van der Waals surface area contributed by atoms with Crippen molar-refractivity contribution in [1.29, 1.82) is 0 Å². The molecule has 70 valence electrons. The molecule has 1 aromatic heterocycles. The van der Waals surface area contributed by atoms with Gasteiger partial charge in [-0.1, -0.05) is 0 Å². The monoisotopic (exact) mass is 182 g/mol. The maximum atomic E-state index is 11.5. The summed E-state index contributed by atoms with van der Waals surface area (Å²) < 4.78 is 6.31. The number of fused-ring (bicyclic) bond motifs is 1. The van der Waals surface area contributed by atoms with Crippen LogP contribution < -0.4 is 16.0 Å². The predicted octanol–water partition coefficient (Wildman–Crippen LogP) is -0.603. The zero-order valence-electron chi connectivity index (χ0n) is 7.46. The zero-order chi connectivity index (χ0) is 9.59. The first-order chi connectivity index (χ1) is 6.09. The van der Waals surface area contributed by atoms with Crippen LogP contribution in [0.3, 0.4) is 0 Å². The number of hydrogen-bond acceptors (Lipinski definition) is 3. The molecule has 0 aliphatic carbocycles. The fourth-order valence-corrected chi connectivity index (χ4v) is 1.46. The molecule has 1 atom stereocenters. The van der Waals surface area contributed by atoms with E-state index in [0.29, 0.717) is 17.9 Å². The number of nitrogens with zero attached hydrogens (tertiary/aromatic N) is 1. The van der Waals surface area contributed by atoms with Gasteiger partial charge in [-0.15, -0.1) is 0 Å². The minimum atomic E-state index is -0.433. The Kier molecular flexibility index (Phi) is 1.55. The van der Waals surface area contributed by atoms with Crippen molar-refractivity contribution in [3.63, 3.8) is 0 Å². The van der Waals surface area contributed by atoms with Gasteiger partial charge in [-0.05, 0) is 6.92 Å². The predicted molar refractivity (Wildman–Crippen MR) is 46.1 cm³/mol. The van der Waals surface area contributed by atoms with E-state index in [1.165, 1.54) is 7.05 Å². The second-order valence-electron chi connectivity index (χ2n) is 3.23. The number of aromatic amines is 1. The Morgan fingerprint density at radius 2 is 2.23 bits per heavy atom. The van der Waals surface area contributed by atoms with Crippen molar-refractivity contribution in [2.45, 2.75) is 19.4 Å². The van der Waals surface area contributed by atoms with E-state index in [1.54, 1.807) is 0 Å². The van der Waals surface area contributed by atoms with E-state index in [9.17, 15) is 9.59 Å². The molecular formula is C8H10N2O3. The van der Waals surface area contributed by atoms with Gasteiger partial charge in [-0.3, -0.25) is 14.3 Å². The van der Waals surface area contributed by atoms with Gasteiger partial charge in [-0.25, -0.2) is 4.79 Å². The molecule has 0 radical (unpaired) electrons. The SMILES string of the molecule is C[C@@H]1Cc2c([nH]c(=O)n(C)c2=O)O1. The lowest BCUT2D eigenvalue weighted by Gasteiger charge is -2.01. The van der Waals surface area contributed by atoms with Gasteiger partial charge in [0.15, 0.2) is 0 Å². The van der Waals surface area contributed by atoms with Crippen molar-refractivity contribution in [3.8, 4) is 5.88 Å². The molecule has 1 aliphatic rings. The van der Waals surface area contributed by atoms with Gasteiger partial charge in [0, 0.05) is 13.5 Å². The van der Waals surface area contributed by atoms with Crippen LogP contribution in [-0.2, 0) is 13.5 Å². The standard InChI is InChI=1S/C8H10N2O3/c1-4-3-5-6(13-4)9-8(12)10(2)7(5)11/h4H,3H2,1-2H3,(H,9,12)/t4-/m1/s1. The lowest BCUT2D eigenvalue weighted by atomic mass is 10.2. The summed E-state index contributed by atoms with van der Waals surface area (Å²) in [5.74, 6) is 0.334. The summed E-state index contributed by atoms with van der Waals surface area (Å²) in [7, 11) is 1.45. The van der Waals surface area contributed by atoms with E-state index >= 15 is 0 Å². The van der Waals surface area contributed by atoms with Gasteiger partial charge in [-0.2, -0.15) is 0 Å². The van der Waals surface area contributed by atoms with Crippen molar-refractivity contribution in [2.75, 3.05) is 0 Å². The second-order valence-corrected chi connectivity index (χ2v) is 3.23. The van der Waals surface area contributed by atoms with Crippen LogP contribution in [-0.4, -0.2) is 15.7 Å². The summed E-state index contributed by atoms with van der Waals surface area (Å²) in [6, 6.07) is 0. The average molecular weight is 182 g/mol. The topological polar surface area (TPSA) is 64.1 Å². The van der Waals surface area contributed by atoms with E-state index in [1.807, 2.05) is 6.92 Å². The Morgan fingerprint density at radius 1 is 1.54 bits per heavy atom. The first-order valence-electron chi connectivity index (χ1n) is 4.08. The smallest absolute Gasteiger partial charge is 0.330 e. The third kappa shape index (κ3) is 1.07. The molecule has 0 fully saturated rings. The summed E-state index contributed by atoms with van der Waals surface area (Å²) in [4.78, 5) is 25.1. The Labute approximate surface area is 74.0 Å². The molecule has 0 aromatic carbocycles. The number of ether oxygens (including phenoxy) is 1. The summed E-state index contributed by atoms with van der Waals surface area (Å²) in [6.07, 6.45) is 0.541. The van der Waals surface area contributed by atoms with Gasteiger partial charge >= 0.3 is 5.69 Å². The van der Waals surface area contributed by atoms with Crippen LogP contribution in [0.4, 0.5) is 0 Å². The molecule has 0 amide bonds. The van der Waals surface area contributed by atoms with Crippen molar-refractivity contribution >= 4 is 0 Å². The molecule has 0 saturated carbocycles. The van der Waals surface area contributed by atoms with Crippen LogP contribution in [0.5, 0.6) is 5.88 Å². The molecule has 13 heavy (non-hydrogen) atoms. The quantitative estimate of drug-likeness (QED) is 0.582. The van der Waals surface area contributed by atoms with Gasteiger partial charge in [0.2, 0.25) is 5.88 Å². The third-order valence-corrected chi connectivity index (χ3v) is 2.17. The summed E-state index contributed by atoms with van der Waals surface area (Å²) in [6.45, 7) is 1.86. The molecule has 0 saturated heterocycles. The molecule has 2 heterocycles. The van der Waals surface area contributed by atoms with Crippen LogP contribution in [0.15, 0.2) is 9.59 Å². The molecule has 0 unspecified atom stereocenters. The zero-order valence-corrected chi connectivity index (χ0v) is 7.46. The minimum absolute atomic E-state index is 0.0271. The maximum absolute atomic E-state index is 11.5. The Balaban J connectivity index is 2.74. The Morgan fingerprint density at radius 3 is 2.92 bits per heavy atom. The normalized spacial score (nSPS) is 19.7. The lowest BCUT2D eigenvalue weighted by molar-refractivity contribution is 0.245. The van der Waals surface area contributed by atoms with Crippen LogP contribution in [0.25, 0.3) is 0 Å². The van der Waals surface area contributed by atoms with Crippen LogP contribution in [0.2, 0.25) is 0 Å². The van der Waals surface area contributed by atoms with Crippen LogP contribution >= 0.6 is 0 Å². The first kappa shape index (κ1) is 8.10. The average Bonchev–Trinajstić information content (AvgIpc) is 2.42. The van der Waals surface area contributed by atoms with E-state index in [2.05, 4.69) is 4.98 Å². The summed E-state index contributed by atoms with van der Waals surface area (Å²) in [5.41, 5.74) is -0.129. The molecule has 5 nitrogen and oxygen atoms in total. The largest absolute Gasteiger partial charge is 0.475 e. The summed E-state index contributed by atoms with van der Waals surface area (Å²) >= 11 is 0. The Hall–Kier alpha value is -1.52. The first-order valence-corrected chi connectivity index (χ1v) is 4.08. The highest BCUT2D eigenvalue weighted by Crippen LogP contribution is 2.20. The molecule has 5 heteroatoms. The number of H-pyrrole nitrogens is 1. The van der Waals surface area contributed by atoms with E-state index in [-0.39, 0.29) is 11.7 Å². The fraction of sp³-hybridized carbons (Fsp3) is 0.500.